The van der Waals surface area contributed by atoms with Crippen molar-refractivity contribution in [3.05, 3.63) is 22.4 Å². The van der Waals surface area contributed by atoms with E-state index in [0.717, 1.165) is 12.0 Å². The molecule has 0 aromatic carbocycles. The van der Waals surface area contributed by atoms with Crippen LogP contribution in [0.2, 0.25) is 0 Å². The molecule has 0 aromatic rings. The maximum atomic E-state index is 9.13. The SMILES string of the molecule is C=C(Br)/C(O)=C(\C)CC. The van der Waals surface area contributed by atoms with E-state index in [1.54, 1.807) is 0 Å². The minimum atomic E-state index is 0.275. The van der Waals surface area contributed by atoms with Crippen LogP contribution in [-0.4, -0.2) is 5.11 Å². The smallest absolute Gasteiger partial charge is 0.128 e. The van der Waals surface area contributed by atoms with Crippen molar-refractivity contribution in [1.82, 2.24) is 0 Å². The lowest BCUT2D eigenvalue weighted by Gasteiger charge is -1.99. The highest BCUT2D eigenvalue weighted by molar-refractivity contribution is 9.11. The van der Waals surface area contributed by atoms with E-state index in [9.17, 15) is 0 Å². The number of allylic oxidation sites excluding steroid dienone is 2. The van der Waals surface area contributed by atoms with Crippen molar-refractivity contribution in [2.75, 3.05) is 0 Å². The van der Waals surface area contributed by atoms with Gasteiger partial charge in [0.15, 0.2) is 0 Å². The lowest BCUT2D eigenvalue weighted by molar-refractivity contribution is 0.422. The maximum Gasteiger partial charge on any atom is 0.128 e. The van der Waals surface area contributed by atoms with Crippen LogP contribution in [0.25, 0.3) is 0 Å². The fraction of sp³-hybridized carbons (Fsp3) is 0.429. The molecule has 0 rings (SSSR count). The Morgan fingerprint density at radius 1 is 1.67 bits per heavy atom. The monoisotopic (exact) mass is 190 g/mol. The molecular formula is C7H11BrO. The Bertz CT molecular complexity index is 147. The number of rotatable bonds is 2. The fourth-order valence-electron chi connectivity index (χ4n) is 0.399. The van der Waals surface area contributed by atoms with Gasteiger partial charge in [-0.25, -0.2) is 0 Å². The van der Waals surface area contributed by atoms with E-state index in [-0.39, 0.29) is 5.76 Å². The Morgan fingerprint density at radius 3 is 2.22 bits per heavy atom. The summed E-state index contributed by atoms with van der Waals surface area (Å²) in [4.78, 5) is 0. The lowest BCUT2D eigenvalue weighted by Crippen LogP contribution is -1.84. The van der Waals surface area contributed by atoms with Gasteiger partial charge >= 0.3 is 0 Å². The first-order chi connectivity index (χ1) is 4.09. The van der Waals surface area contributed by atoms with Gasteiger partial charge in [-0.05, 0) is 34.8 Å². The predicted octanol–water partition coefficient (Wildman–Crippen LogP) is 3.14. The van der Waals surface area contributed by atoms with Crippen LogP contribution in [0, 0.1) is 0 Å². The molecule has 0 fully saturated rings. The minimum absolute atomic E-state index is 0.275. The highest BCUT2D eigenvalue weighted by Crippen LogP contribution is 2.16. The molecule has 0 atom stereocenters. The highest BCUT2D eigenvalue weighted by Gasteiger charge is 1.98. The molecule has 9 heavy (non-hydrogen) atoms. The molecule has 0 aromatic heterocycles. The lowest BCUT2D eigenvalue weighted by atomic mass is 10.2. The van der Waals surface area contributed by atoms with Crippen LogP contribution >= 0.6 is 15.9 Å². The third kappa shape index (κ3) is 2.70. The average Bonchev–Trinajstić information content (AvgIpc) is 1.84. The third-order valence-electron chi connectivity index (χ3n) is 1.19. The number of aliphatic hydroxyl groups excluding tert-OH is 1. The van der Waals surface area contributed by atoms with E-state index >= 15 is 0 Å². The van der Waals surface area contributed by atoms with E-state index in [2.05, 4.69) is 22.5 Å². The summed E-state index contributed by atoms with van der Waals surface area (Å²) in [7, 11) is 0. The highest BCUT2D eigenvalue weighted by atomic mass is 79.9. The van der Waals surface area contributed by atoms with Crippen molar-refractivity contribution in [3.8, 4) is 0 Å². The molecule has 0 spiro atoms. The van der Waals surface area contributed by atoms with Gasteiger partial charge < -0.3 is 5.11 Å². The summed E-state index contributed by atoms with van der Waals surface area (Å²) >= 11 is 3.08. The second-order valence-electron chi connectivity index (χ2n) is 1.89. The van der Waals surface area contributed by atoms with Crippen molar-refractivity contribution in [3.63, 3.8) is 0 Å². The molecule has 0 amide bonds. The zero-order valence-electron chi connectivity index (χ0n) is 5.74. The molecule has 0 saturated carbocycles. The van der Waals surface area contributed by atoms with Crippen molar-refractivity contribution in [2.45, 2.75) is 20.3 Å². The summed E-state index contributed by atoms with van der Waals surface area (Å²) in [6.45, 7) is 7.40. The minimum Gasteiger partial charge on any atom is -0.507 e. The Morgan fingerprint density at radius 2 is 2.11 bits per heavy atom. The number of aliphatic hydroxyl groups is 1. The standard InChI is InChI=1S/C7H11BrO/c1-4-5(2)7(9)6(3)8/h9H,3-4H2,1-2H3/b7-5-. The molecule has 2 heteroatoms. The topological polar surface area (TPSA) is 20.2 Å². The molecule has 0 heterocycles. The predicted molar refractivity (Wildman–Crippen MR) is 43.7 cm³/mol. The summed E-state index contributed by atoms with van der Waals surface area (Å²) in [5.74, 6) is 0.275. The average molecular weight is 191 g/mol. The van der Waals surface area contributed by atoms with Gasteiger partial charge in [0.2, 0.25) is 0 Å². The molecule has 0 unspecified atom stereocenters. The van der Waals surface area contributed by atoms with Crippen LogP contribution in [0.3, 0.4) is 0 Å². The maximum absolute atomic E-state index is 9.13. The number of hydrogen-bond donors (Lipinski definition) is 1. The summed E-state index contributed by atoms with van der Waals surface area (Å²) in [6, 6.07) is 0. The van der Waals surface area contributed by atoms with Gasteiger partial charge in [0.1, 0.15) is 5.76 Å². The van der Waals surface area contributed by atoms with Crippen LogP contribution in [0.15, 0.2) is 22.4 Å². The zero-order chi connectivity index (χ0) is 7.44. The van der Waals surface area contributed by atoms with Crippen molar-refractivity contribution >= 4 is 15.9 Å². The van der Waals surface area contributed by atoms with E-state index in [1.165, 1.54) is 0 Å². The Hall–Kier alpha value is -0.240. The molecule has 0 aliphatic rings. The summed E-state index contributed by atoms with van der Waals surface area (Å²) in [5, 5.41) is 9.13. The molecule has 0 aliphatic heterocycles. The molecule has 0 saturated heterocycles. The quantitative estimate of drug-likeness (QED) is 0.525. The summed E-state index contributed by atoms with van der Waals surface area (Å²) in [6.07, 6.45) is 0.858. The van der Waals surface area contributed by atoms with Crippen molar-refractivity contribution in [2.24, 2.45) is 0 Å². The van der Waals surface area contributed by atoms with E-state index < -0.39 is 0 Å². The van der Waals surface area contributed by atoms with Crippen LogP contribution in [-0.2, 0) is 0 Å². The first kappa shape index (κ1) is 8.76. The molecule has 1 nitrogen and oxygen atoms in total. The number of hydrogen-bond acceptors (Lipinski definition) is 1. The van der Waals surface area contributed by atoms with Crippen molar-refractivity contribution < 1.29 is 5.11 Å². The summed E-state index contributed by atoms with van der Waals surface area (Å²) < 4.78 is 0.557. The van der Waals surface area contributed by atoms with Gasteiger partial charge in [-0.2, -0.15) is 0 Å². The molecule has 1 N–H and O–H groups in total. The Kier molecular flexibility index (Phi) is 3.62. The van der Waals surface area contributed by atoms with Crippen molar-refractivity contribution in [1.29, 1.82) is 0 Å². The van der Waals surface area contributed by atoms with Crippen LogP contribution < -0.4 is 0 Å². The van der Waals surface area contributed by atoms with E-state index in [1.807, 2.05) is 13.8 Å². The van der Waals surface area contributed by atoms with Gasteiger partial charge in [0, 0.05) is 0 Å². The first-order valence-corrected chi connectivity index (χ1v) is 3.62. The van der Waals surface area contributed by atoms with Gasteiger partial charge in [-0.3, -0.25) is 0 Å². The van der Waals surface area contributed by atoms with E-state index in [4.69, 9.17) is 5.11 Å². The second-order valence-corrected chi connectivity index (χ2v) is 2.84. The Labute approximate surface area is 64.2 Å². The molecule has 0 radical (unpaired) electrons. The second kappa shape index (κ2) is 3.72. The van der Waals surface area contributed by atoms with Gasteiger partial charge in [-0.1, -0.05) is 13.5 Å². The third-order valence-corrected chi connectivity index (χ3v) is 1.57. The molecular weight excluding hydrogens is 180 g/mol. The van der Waals surface area contributed by atoms with Crippen LogP contribution in [0.5, 0.6) is 0 Å². The summed E-state index contributed by atoms with van der Waals surface area (Å²) in [5.41, 5.74) is 0.955. The van der Waals surface area contributed by atoms with E-state index in [0.29, 0.717) is 4.48 Å². The molecule has 52 valence electrons. The van der Waals surface area contributed by atoms with Gasteiger partial charge in [0.25, 0.3) is 0 Å². The normalized spacial score (nSPS) is 12.8. The van der Waals surface area contributed by atoms with Crippen LogP contribution in [0.1, 0.15) is 20.3 Å². The Balaban J connectivity index is 4.28. The van der Waals surface area contributed by atoms with Crippen LogP contribution in [0.4, 0.5) is 0 Å². The fourth-order valence-corrected chi connectivity index (χ4v) is 0.737. The largest absolute Gasteiger partial charge is 0.507 e. The molecule has 0 aliphatic carbocycles. The zero-order valence-corrected chi connectivity index (χ0v) is 7.33. The molecule has 0 bridgehead atoms. The number of halogens is 1. The van der Waals surface area contributed by atoms with Gasteiger partial charge in [0.05, 0.1) is 4.48 Å². The first-order valence-electron chi connectivity index (χ1n) is 2.83. The van der Waals surface area contributed by atoms with Gasteiger partial charge in [-0.15, -0.1) is 0 Å².